The number of carboxylic acid groups (broad SMARTS) is 1. The van der Waals surface area contributed by atoms with Crippen molar-refractivity contribution in [1.82, 2.24) is 15.5 Å². The van der Waals surface area contributed by atoms with Crippen molar-refractivity contribution in [1.29, 1.82) is 0 Å². The van der Waals surface area contributed by atoms with Gasteiger partial charge in [-0.25, -0.2) is 4.79 Å². The SMILES string of the molecule is CCC(C)NC(CC)(CC)C(=O)N[C@H](C(=O)N(C)[C@H](C=C(C)C(=O)O)C(C)C)[C@@H](C)CC. The van der Waals surface area contributed by atoms with Crippen LogP contribution in [0.5, 0.6) is 0 Å². The molecule has 186 valence electrons. The summed E-state index contributed by atoms with van der Waals surface area (Å²) in [5.41, 5.74) is -0.543. The molecular formula is C25H47N3O4. The van der Waals surface area contributed by atoms with Gasteiger partial charge >= 0.3 is 5.97 Å². The first-order chi connectivity index (χ1) is 14.8. The number of nitrogens with zero attached hydrogens (tertiary/aromatic N) is 1. The van der Waals surface area contributed by atoms with Gasteiger partial charge in [0.1, 0.15) is 6.04 Å². The van der Waals surface area contributed by atoms with E-state index in [4.69, 9.17) is 0 Å². The van der Waals surface area contributed by atoms with Crippen LogP contribution in [0.25, 0.3) is 0 Å². The number of carboxylic acids is 1. The maximum absolute atomic E-state index is 13.6. The van der Waals surface area contributed by atoms with Crippen molar-refractivity contribution in [2.24, 2.45) is 11.8 Å². The summed E-state index contributed by atoms with van der Waals surface area (Å²) in [4.78, 5) is 40.0. The van der Waals surface area contributed by atoms with Crippen LogP contribution in [-0.2, 0) is 14.4 Å². The third-order valence-electron chi connectivity index (χ3n) is 6.78. The normalized spacial score (nSPS) is 16.3. The van der Waals surface area contributed by atoms with Gasteiger partial charge in [0.05, 0.1) is 11.6 Å². The van der Waals surface area contributed by atoms with E-state index in [1.54, 1.807) is 18.0 Å². The molecule has 0 rings (SSSR count). The molecule has 7 nitrogen and oxygen atoms in total. The van der Waals surface area contributed by atoms with E-state index in [1.165, 1.54) is 6.92 Å². The number of amides is 2. The Morgan fingerprint density at radius 1 is 1.00 bits per heavy atom. The predicted molar refractivity (Wildman–Crippen MR) is 130 cm³/mol. The highest BCUT2D eigenvalue weighted by molar-refractivity contribution is 5.92. The molecule has 2 amide bonds. The smallest absolute Gasteiger partial charge is 0.331 e. The maximum Gasteiger partial charge on any atom is 0.331 e. The van der Waals surface area contributed by atoms with Crippen LogP contribution >= 0.6 is 0 Å². The van der Waals surface area contributed by atoms with E-state index in [2.05, 4.69) is 24.5 Å². The highest BCUT2D eigenvalue weighted by atomic mass is 16.4. The Labute approximate surface area is 195 Å². The van der Waals surface area contributed by atoms with Gasteiger partial charge in [0.25, 0.3) is 0 Å². The number of carbonyl (C=O) groups is 3. The summed E-state index contributed by atoms with van der Waals surface area (Å²) in [7, 11) is 1.68. The third-order valence-corrected chi connectivity index (χ3v) is 6.78. The zero-order valence-corrected chi connectivity index (χ0v) is 21.9. The zero-order valence-electron chi connectivity index (χ0n) is 21.9. The van der Waals surface area contributed by atoms with Gasteiger partial charge in [-0.05, 0) is 44.9 Å². The molecule has 32 heavy (non-hydrogen) atoms. The standard InChI is InChI=1S/C25H47N3O4/c1-11-17(7)21(26-24(32)25(13-3,14-4)27-19(9)12-2)22(29)28(10)20(16(5)6)15-18(8)23(30)31/h15-17,19-21,27H,11-14H2,1-10H3,(H,26,32)(H,30,31)/t17-,19?,20+,21-/m0/s1. The summed E-state index contributed by atoms with van der Waals surface area (Å²) in [6, 6.07) is -0.897. The van der Waals surface area contributed by atoms with Crippen molar-refractivity contribution in [3.05, 3.63) is 11.6 Å². The molecule has 4 atom stereocenters. The molecule has 1 unspecified atom stereocenters. The van der Waals surface area contributed by atoms with Gasteiger partial charge in [0.15, 0.2) is 0 Å². The highest BCUT2D eigenvalue weighted by Crippen LogP contribution is 2.21. The summed E-state index contributed by atoms with van der Waals surface area (Å²) in [5, 5.41) is 15.8. The second-order valence-corrected chi connectivity index (χ2v) is 9.42. The van der Waals surface area contributed by atoms with E-state index in [1.807, 2.05) is 41.5 Å². The Morgan fingerprint density at radius 3 is 1.91 bits per heavy atom. The first-order valence-corrected chi connectivity index (χ1v) is 12.1. The van der Waals surface area contributed by atoms with Crippen LogP contribution in [0.2, 0.25) is 0 Å². The lowest BCUT2D eigenvalue weighted by molar-refractivity contribution is -0.140. The number of hydrogen-bond donors (Lipinski definition) is 3. The Hall–Kier alpha value is -1.89. The lowest BCUT2D eigenvalue weighted by atomic mass is 9.88. The van der Waals surface area contributed by atoms with E-state index >= 15 is 0 Å². The molecule has 0 aromatic heterocycles. The Kier molecular flexibility index (Phi) is 12.8. The molecule has 0 aliphatic heterocycles. The fourth-order valence-corrected chi connectivity index (χ4v) is 3.82. The molecule has 0 radical (unpaired) electrons. The van der Waals surface area contributed by atoms with Gasteiger partial charge in [0.2, 0.25) is 11.8 Å². The van der Waals surface area contributed by atoms with E-state index in [9.17, 15) is 19.5 Å². The molecular weight excluding hydrogens is 406 g/mol. The third kappa shape index (κ3) is 7.91. The number of rotatable bonds is 14. The number of hydrogen-bond acceptors (Lipinski definition) is 4. The van der Waals surface area contributed by atoms with Crippen LogP contribution in [-0.4, -0.2) is 58.5 Å². The van der Waals surface area contributed by atoms with Crippen LogP contribution < -0.4 is 10.6 Å². The summed E-state index contributed by atoms with van der Waals surface area (Å²) < 4.78 is 0. The van der Waals surface area contributed by atoms with Crippen LogP contribution in [0.4, 0.5) is 0 Å². The van der Waals surface area contributed by atoms with Gasteiger partial charge in [-0.2, -0.15) is 0 Å². The van der Waals surface area contributed by atoms with E-state index in [0.29, 0.717) is 12.8 Å². The number of likely N-dealkylation sites (N-methyl/N-ethyl adjacent to an activating group) is 1. The molecule has 0 aromatic carbocycles. The molecule has 0 fully saturated rings. The van der Waals surface area contributed by atoms with Crippen molar-refractivity contribution >= 4 is 17.8 Å². The summed E-state index contributed by atoms with van der Waals surface area (Å²) in [5.74, 6) is -1.42. The molecule has 0 aliphatic carbocycles. The van der Waals surface area contributed by atoms with Gasteiger partial charge in [0, 0.05) is 18.7 Å². The molecule has 0 heterocycles. The fourth-order valence-electron chi connectivity index (χ4n) is 3.82. The zero-order chi connectivity index (χ0) is 25.2. The van der Waals surface area contributed by atoms with Crippen LogP contribution in [0.1, 0.15) is 88.0 Å². The van der Waals surface area contributed by atoms with Crippen LogP contribution in [0, 0.1) is 11.8 Å². The van der Waals surface area contributed by atoms with Crippen molar-refractivity contribution in [2.45, 2.75) is 112 Å². The number of nitrogens with one attached hydrogen (secondary N) is 2. The lowest BCUT2D eigenvalue weighted by Gasteiger charge is -2.38. The number of aliphatic carboxylic acids is 1. The van der Waals surface area contributed by atoms with Gasteiger partial charge in [-0.3, -0.25) is 9.59 Å². The van der Waals surface area contributed by atoms with Crippen molar-refractivity contribution in [3.63, 3.8) is 0 Å². The maximum atomic E-state index is 13.6. The van der Waals surface area contributed by atoms with E-state index < -0.39 is 17.6 Å². The van der Waals surface area contributed by atoms with Crippen molar-refractivity contribution in [3.8, 4) is 0 Å². The Bertz CT molecular complexity index is 656. The average molecular weight is 454 g/mol. The van der Waals surface area contributed by atoms with Crippen molar-refractivity contribution in [2.75, 3.05) is 7.05 Å². The molecule has 0 bridgehead atoms. The van der Waals surface area contributed by atoms with Crippen LogP contribution in [0.15, 0.2) is 11.6 Å². The topological polar surface area (TPSA) is 98.7 Å². The van der Waals surface area contributed by atoms with E-state index in [-0.39, 0.29) is 41.3 Å². The Balaban J connectivity index is 6.00. The Morgan fingerprint density at radius 2 is 1.53 bits per heavy atom. The minimum atomic E-state index is -1.00. The minimum Gasteiger partial charge on any atom is -0.478 e. The molecule has 7 heteroatoms. The predicted octanol–water partition coefficient (Wildman–Crippen LogP) is 3.98. The van der Waals surface area contributed by atoms with Gasteiger partial charge in [-0.15, -0.1) is 0 Å². The average Bonchev–Trinajstić information content (AvgIpc) is 2.76. The number of carbonyl (C=O) groups excluding carboxylic acids is 2. The minimum absolute atomic E-state index is 0.0176. The summed E-state index contributed by atoms with van der Waals surface area (Å²) in [6.45, 7) is 17.5. The largest absolute Gasteiger partial charge is 0.478 e. The molecule has 0 aromatic rings. The monoisotopic (exact) mass is 453 g/mol. The van der Waals surface area contributed by atoms with Gasteiger partial charge < -0.3 is 20.6 Å². The second kappa shape index (κ2) is 13.6. The van der Waals surface area contributed by atoms with E-state index in [0.717, 1.165) is 12.8 Å². The quantitative estimate of drug-likeness (QED) is 0.346. The highest BCUT2D eigenvalue weighted by Gasteiger charge is 2.40. The van der Waals surface area contributed by atoms with Crippen molar-refractivity contribution < 1.29 is 19.5 Å². The summed E-state index contributed by atoms with van der Waals surface area (Å²) in [6.07, 6.45) is 4.48. The molecule has 0 aliphatic rings. The molecule has 3 N–H and O–H groups in total. The van der Waals surface area contributed by atoms with Crippen LogP contribution in [0.3, 0.4) is 0 Å². The molecule has 0 saturated heterocycles. The van der Waals surface area contributed by atoms with Gasteiger partial charge in [-0.1, -0.05) is 61.0 Å². The second-order valence-electron chi connectivity index (χ2n) is 9.42. The molecule has 0 spiro atoms. The lowest BCUT2D eigenvalue weighted by Crippen LogP contribution is -2.63. The first kappa shape index (κ1) is 30.1. The molecule has 0 saturated carbocycles. The first-order valence-electron chi connectivity index (χ1n) is 12.1. The summed E-state index contributed by atoms with van der Waals surface area (Å²) >= 11 is 0. The fraction of sp³-hybridized carbons (Fsp3) is 0.800.